The van der Waals surface area contributed by atoms with Gasteiger partial charge in [0.1, 0.15) is 23.1 Å². The topological polar surface area (TPSA) is 85.2 Å². The summed E-state index contributed by atoms with van der Waals surface area (Å²) in [5.74, 6) is -1.64. The van der Waals surface area contributed by atoms with E-state index in [2.05, 4.69) is 15.6 Å². The monoisotopic (exact) mass is 388 g/mol. The molecule has 2 N–H and O–H groups in total. The van der Waals surface area contributed by atoms with E-state index in [0.29, 0.717) is 23.9 Å². The largest absolute Gasteiger partial charge is 0.385 e. The molecule has 0 aliphatic carbocycles. The maximum atomic E-state index is 13.8. The Kier molecular flexibility index (Phi) is 5.95. The standard InChI is InChI=1S/C19H18F2N4O3/c1-28-11-5-10-25-17(12-6-2-3-9-15(12)22-19(25)27)24-18(26)23-16-13(20)7-4-8-14(16)21/h2-4,6-9H,5,10-11H2,1H3,(H2,23,24,26). The number of hydrogen-bond acceptors (Lipinski definition) is 4. The Balaban J connectivity index is 1.97. The predicted octanol–water partition coefficient (Wildman–Crippen LogP) is 3.36. The molecule has 9 heteroatoms. The number of hydrogen-bond donors (Lipinski definition) is 2. The Labute approximate surface area is 159 Å². The molecule has 0 spiro atoms. The zero-order valence-electron chi connectivity index (χ0n) is 15.0. The van der Waals surface area contributed by atoms with Crippen LogP contribution in [0.3, 0.4) is 0 Å². The first-order valence-electron chi connectivity index (χ1n) is 8.52. The van der Waals surface area contributed by atoms with E-state index in [4.69, 9.17) is 4.74 Å². The lowest BCUT2D eigenvalue weighted by molar-refractivity contribution is 0.190. The van der Waals surface area contributed by atoms with Gasteiger partial charge in [0.15, 0.2) is 0 Å². The van der Waals surface area contributed by atoms with Crippen LogP contribution in [0, 0.1) is 11.6 Å². The van der Waals surface area contributed by atoms with E-state index < -0.39 is 29.0 Å². The molecular weight excluding hydrogens is 370 g/mol. The van der Waals surface area contributed by atoms with Crippen molar-refractivity contribution in [3.05, 3.63) is 64.6 Å². The minimum absolute atomic E-state index is 0.181. The van der Waals surface area contributed by atoms with Crippen molar-refractivity contribution in [3.8, 4) is 0 Å². The number of methoxy groups -OCH3 is 1. The molecule has 3 rings (SSSR count). The Hall–Kier alpha value is -3.33. The van der Waals surface area contributed by atoms with E-state index in [9.17, 15) is 18.4 Å². The summed E-state index contributed by atoms with van der Waals surface area (Å²) in [6.45, 7) is 0.652. The number of fused-ring (bicyclic) bond motifs is 1. The van der Waals surface area contributed by atoms with Crippen molar-refractivity contribution >= 4 is 28.4 Å². The van der Waals surface area contributed by atoms with Crippen LogP contribution in [-0.4, -0.2) is 29.3 Å². The molecule has 3 aromatic rings. The summed E-state index contributed by atoms with van der Waals surface area (Å²) in [5, 5.41) is 5.19. The van der Waals surface area contributed by atoms with Gasteiger partial charge in [-0.25, -0.2) is 18.4 Å². The lowest BCUT2D eigenvalue weighted by atomic mass is 10.2. The van der Waals surface area contributed by atoms with Crippen molar-refractivity contribution in [2.24, 2.45) is 0 Å². The molecule has 2 aromatic carbocycles. The second-order valence-electron chi connectivity index (χ2n) is 5.93. The summed E-state index contributed by atoms with van der Waals surface area (Å²) in [4.78, 5) is 28.8. The van der Waals surface area contributed by atoms with Crippen LogP contribution in [0.2, 0.25) is 0 Å². The van der Waals surface area contributed by atoms with Crippen molar-refractivity contribution in [1.82, 2.24) is 9.55 Å². The number of aromatic nitrogens is 2. The van der Waals surface area contributed by atoms with Crippen molar-refractivity contribution < 1.29 is 18.3 Å². The Morgan fingerprint density at radius 3 is 2.54 bits per heavy atom. The van der Waals surface area contributed by atoms with Crippen LogP contribution < -0.4 is 16.3 Å². The first-order chi connectivity index (χ1) is 13.5. The molecule has 0 bridgehead atoms. The van der Waals surface area contributed by atoms with Gasteiger partial charge in [-0.2, -0.15) is 4.98 Å². The number of nitrogens with zero attached hydrogens (tertiary/aromatic N) is 2. The van der Waals surface area contributed by atoms with Gasteiger partial charge < -0.3 is 10.1 Å². The fourth-order valence-corrected chi connectivity index (χ4v) is 2.75. The average Bonchev–Trinajstić information content (AvgIpc) is 2.67. The summed E-state index contributed by atoms with van der Waals surface area (Å²) in [6.07, 6.45) is 0.509. The van der Waals surface area contributed by atoms with Gasteiger partial charge in [-0.05, 0) is 30.7 Å². The number of nitrogens with one attached hydrogen (secondary N) is 2. The molecule has 0 saturated heterocycles. The first-order valence-corrected chi connectivity index (χ1v) is 8.52. The summed E-state index contributed by atoms with van der Waals surface area (Å²) in [6, 6.07) is 9.13. The third-order valence-corrected chi connectivity index (χ3v) is 4.04. The summed E-state index contributed by atoms with van der Waals surface area (Å²) < 4.78 is 33.9. The van der Waals surface area contributed by atoms with E-state index >= 15 is 0 Å². The number of rotatable bonds is 6. The van der Waals surface area contributed by atoms with Gasteiger partial charge in [0, 0.05) is 25.6 Å². The fraction of sp³-hybridized carbons (Fsp3) is 0.211. The lowest BCUT2D eigenvalue weighted by Crippen LogP contribution is -2.30. The zero-order chi connectivity index (χ0) is 20.1. The van der Waals surface area contributed by atoms with E-state index in [1.165, 1.54) is 17.7 Å². The second kappa shape index (κ2) is 8.57. The third-order valence-electron chi connectivity index (χ3n) is 4.04. The molecule has 0 saturated carbocycles. The summed E-state index contributed by atoms with van der Waals surface area (Å²) in [7, 11) is 1.54. The number of halogens is 2. The number of anilines is 2. The Bertz CT molecular complexity index is 1050. The molecule has 0 atom stereocenters. The van der Waals surface area contributed by atoms with Crippen LogP contribution in [0.1, 0.15) is 6.42 Å². The Morgan fingerprint density at radius 1 is 1.11 bits per heavy atom. The number of para-hydroxylation sites is 2. The SMILES string of the molecule is COCCCn1c(NC(=O)Nc2c(F)cccc2F)c2ccccc2nc1=O. The summed E-state index contributed by atoms with van der Waals surface area (Å²) >= 11 is 0. The molecule has 0 fully saturated rings. The zero-order valence-corrected chi connectivity index (χ0v) is 15.0. The number of carbonyl (C=O) groups excluding carboxylic acids is 1. The smallest absolute Gasteiger partial charge is 0.349 e. The van der Waals surface area contributed by atoms with E-state index in [1.807, 2.05) is 0 Å². The average molecular weight is 388 g/mol. The maximum absolute atomic E-state index is 13.8. The van der Waals surface area contributed by atoms with Crippen LogP contribution in [0.5, 0.6) is 0 Å². The molecule has 1 aromatic heterocycles. The highest BCUT2D eigenvalue weighted by molar-refractivity contribution is 6.04. The van der Waals surface area contributed by atoms with Crippen molar-refractivity contribution in [2.45, 2.75) is 13.0 Å². The van der Waals surface area contributed by atoms with Crippen LogP contribution in [-0.2, 0) is 11.3 Å². The third kappa shape index (κ3) is 4.15. The van der Waals surface area contributed by atoms with Gasteiger partial charge in [0.25, 0.3) is 0 Å². The van der Waals surface area contributed by atoms with E-state index in [1.54, 1.807) is 24.3 Å². The van der Waals surface area contributed by atoms with Gasteiger partial charge in [-0.1, -0.05) is 18.2 Å². The number of urea groups is 1. The van der Waals surface area contributed by atoms with Crippen LogP contribution in [0.4, 0.5) is 25.1 Å². The minimum atomic E-state index is -0.910. The molecule has 0 aliphatic rings. The van der Waals surface area contributed by atoms with Crippen molar-refractivity contribution in [3.63, 3.8) is 0 Å². The molecule has 0 unspecified atom stereocenters. The number of ether oxygens (including phenoxy) is 1. The molecule has 0 aliphatic heterocycles. The first kappa shape index (κ1) is 19.4. The minimum Gasteiger partial charge on any atom is -0.385 e. The van der Waals surface area contributed by atoms with Crippen LogP contribution >= 0.6 is 0 Å². The Morgan fingerprint density at radius 2 is 1.82 bits per heavy atom. The molecule has 146 valence electrons. The molecule has 1 heterocycles. The molecule has 2 amide bonds. The fourth-order valence-electron chi connectivity index (χ4n) is 2.75. The van der Waals surface area contributed by atoms with Gasteiger partial charge in [-0.15, -0.1) is 0 Å². The normalized spacial score (nSPS) is 10.8. The highest BCUT2D eigenvalue weighted by atomic mass is 19.1. The quantitative estimate of drug-likeness (QED) is 0.634. The highest BCUT2D eigenvalue weighted by Gasteiger charge is 2.16. The molecule has 7 nitrogen and oxygen atoms in total. The number of carbonyl (C=O) groups is 1. The lowest BCUT2D eigenvalue weighted by Gasteiger charge is -2.16. The predicted molar refractivity (Wildman–Crippen MR) is 101 cm³/mol. The molecule has 28 heavy (non-hydrogen) atoms. The van der Waals surface area contributed by atoms with Gasteiger partial charge in [-0.3, -0.25) is 9.88 Å². The maximum Gasteiger partial charge on any atom is 0.349 e. The van der Waals surface area contributed by atoms with Crippen LogP contribution in [0.15, 0.2) is 47.3 Å². The second-order valence-corrected chi connectivity index (χ2v) is 5.93. The molecular formula is C19H18F2N4O3. The van der Waals surface area contributed by atoms with Crippen molar-refractivity contribution in [2.75, 3.05) is 24.4 Å². The number of amides is 2. The van der Waals surface area contributed by atoms with E-state index in [0.717, 1.165) is 12.1 Å². The summed E-state index contributed by atoms with van der Waals surface area (Å²) in [5.41, 5.74) is -0.739. The van der Waals surface area contributed by atoms with Gasteiger partial charge >= 0.3 is 11.7 Å². The highest BCUT2D eigenvalue weighted by Crippen LogP contribution is 2.22. The van der Waals surface area contributed by atoms with Crippen LogP contribution in [0.25, 0.3) is 10.9 Å². The van der Waals surface area contributed by atoms with Gasteiger partial charge in [0.05, 0.1) is 5.52 Å². The molecule has 0 radical (unpaired) electrons. The number of benzene rings is 2. The van der Waals surface area contributed by atoms with Gasteiger partial charge in [0.2, 0.25) is 0 Å². The van der Waals surface area contributed by atoms with E-state index in [-0.39, 0.29) is 12.4 Å². The van der Waals surface area contributed by atoms with Crippen molar-refractivity contribution in [1.29, 1.82) is 0 Å².